The summed E-state index contributed by atoms with van der Waals surface area (Å²) in [5.74, 6) is 0.202. The van der Waals surface area contributed by atoms with Crippen LogP contribution in [0.25, 0.3) is 0 Å². The van der Waals surface area contributed by atoms with Gasteiger partial charge in [-0.2, -0.15) is 5.26 Å². The van der Waals surface area contributed by atoms with E-state index in [-0.39, 0.29) is 11.8 Å². The van der Waals surface area contributed by atoms with Gasteiger partial charge < -0.3 is 4.90 Å². The highest BCUT2D eigenvalue weighted by Gasteiger charge is 2.23. The minimum atomic E-state index is 0.0813. The zero-order chi connectivity index (χ0) is 12.3. The van der Waals surface area contributed by atoms with Crippen LogP contribution in [0.3, 0.4) is 0 Å². The number of hydrogen-bond acceptors (Lipinski definition) is 2. The van der Waals surface area contributed by atoms with Crippen LogP contribution in [0.15, 0.2) is 24.3 Å². The van der Waals surface area contributed by atoms with Crippen LogP contribution in [0.1, 0.15) is 23.2 Å². The lowest BCUT2D eigenvalue weighted by molar-refractivity contribution is 0.0707. The minimum Gasteiger partial charge on any atom is -0.339 e. The van der Waals surface area contributed by atoms with Gasteiger partial charge in [-0.1, -0.05) is 0 Å². The molecule has 0 unspecified atom stereocenters. The molecule has 0 N–H and O–H groups in total. The number of halogens is 1. The predicted octanol–water partition coefficient (Wildman–Crippen LogP) is 2.67. The van der Waals surface area contributed by atoms with E-state index in [0.29, 0.717) is 13.1 Å². The van der Waals surface area contributed by atoms with Crippen molar-refractivity contribution in [3.63, 3.8) is 0 Å². The minimum absolute atomic E-state index is 0.0813. The molecule has 0 radical (unpaired) electrons. The zero-order valence-corrected chi connectivity index (χ0v) is 11.6. The fourth-order valence-corrected chi connectivity index (χ4v) is 2.35. The molecule has 3 nitrogen and oxygen atoms in total. The van der Waals surface area contributed by atoms with Gasteiger partial charge in [0.15, 0.2) is 0 Å². The molecule has 1 saturated heterocycles. The lowest BCUT2D eigenvalue weighted by Crippen LogP contribution is -2.38. The van der Waals surface area contributed by atoms with Gasteiger partial charge in [0.2, 0.25) is 0 Å². The van der Waals surface area contributed by atoms with Gasteiger partial charge in [-0.05, 0) is 59.7 Å². The Morgan fingerprint density at radius 1 is 1.29 bits per heavy atom. The summed E-state index contributed by atoms with van der Waals surface area (Å²) in [6, 6.07) is 9.88. The van der Waals surface area contributed by atoms with Crippen molar-refractivity contribution in [3.8, 4) is 6.07 Å². The summed E-state index contributed by atoms with van der Waals surface area (Å²) in [6.45, 7) is 1.39. The number of benzene rings is 1. The molecule has 4 heteroatoms. The van der Waals surface area contributed by atoms with Gasteiger partial charge in [0, 0.05) is 28.1 Å². The Labute approximate surface area is 115 Å². The molecule has 1 aromatic carbocycles. The molecule has 0 aromatic heterocycles. The molecule has 1 heterocycles. The molecule has 1 aliphatic heterocycles. The van der Waals surface area contributed by atoms with Crippen LogP contribution in [-0.4, -0.2) is 23.9 Å². The van der Waals surface area contributed by atoms with Crippen molar-refractivity contribution in [3.05, 3.63) is 33.4 Å². The highest BCUT2D eigenvalue weighted by atomic mass is 127. The number of carbonyl (C=O) groups is 1. The fraction of sp³-hybridized carbons (Fsp3) is 0.385. The summed E-state index contributed by atoms with van der Waals surface area (Å²) in [5.41, 5.74) is 0.737. The average molecular weight is 340 g/mol. The number of likely N-dealkylation sites (tertiary alicyclic amines) is 1. The fourth-order valence-electron chi connectivity index (χ4n) is 1.99. The van der Waals surface area contributed by atoms with Crippen LogP contribution < -0.4 is 0 Å². The first kappa shape index (κ1) is 12.4. The largest absolute Gasteiger partial charge is 0.339 e. The Kier molecular flexibility index (Phi) is 4.00. The number of nitriles is 1. The lowest BCUT2D eigenvalue weighted by atomic mass is 9.98. The SMILES string of the molecule is N#CC1CCN(C(=O)c2ccc(I)cc2)CC1. The second kappa shape index (κ2) is 5.50. The highest BCUT2D eigenvalue weighted by Crippen LogP contribution is 2.18. The van der Waals surface area contributed by atoms with Crippen LogP contribution in [0.4, 0.5) is 0 Å². The third-order valence-corrected chi connectivity index (χ3v) is 3.78. The lowest BCUT2D eigenvalue weighted by Gasteiger charge is -2.29. The molecular weight excluding hydrogens is 327 g/mol. The summed E-state index contributed by atoms with van der Waals surface area (Å²) in [7, 11) is 0. The Morgan fingerprint density at radius 2 is 1.88 bits per heavy atom. The van der Waals surface area contributed by atoms with Gasteiger partial charge in [-0.15, -0.1) is 0 Å². The molecule has 1 amide bonds. The van der Waals surface area contributed by atoms with E-state index in [1.165, 1.54) is 0 Å². The summed E-state index contributed by atoms with van der Waals surface area (Å²) in [6.07, 6.45) is 1.60. The van der Waals surface area contributed by atoms with Crippen LogP contribution >= 0.6 is 22.6 Å². The first-order valence-corrected chi connectivity index (χ1v) is 6.73. The van der Waals surface area contributed by atoms with Crippen molar-refractivity contribution in [1.82, 2.24) is 4.90 Å². The summed E-state index contributed by atoms with van der Waals surface area (Å²) >= 11 is 2.22. The van der Waals surface area contributed by atoms with E-state index < -0.39 is 0 Å². The van der Waals surface area contributed by atoms with Crippen molar-refractivity contribution in [1.29, 1.82) is 5.26 Å². The maximum Gasteiger partial charge on any atom is 0.253 e. The Balaban J connectivity index is 2.02. The highest BCUT2D eigenvalue weighted by molar-refractivity contribution is 14.1. The Hall–Kier alpha value is -1.09. The molecule has 1 fully saturated rings. The Bertz CT molecular complexity index is 441. The molecule has 1 aliphatic rings. The summed E-state index contributed by atoms with van der Waals surface area (Å²) in [4.78, 5) is 14.0. The van der Waals surface area contributed by atoms with Gasteiger partial charge in [0.05, 0.1) is 6.07 Å². The van der Waals surface area contributed by atoms with E-state index in [4.69, 9.17) is 5.26 Å². The number of piperidine rings is 1. The molecular formula is C13H13IN2O. The van der Waals surface area contributed by atoms with E-state index in [1.807, 2.05) is 29.2 Å². The number of nitrogens with zero attached hydrogens (tertiary/aromatic N) is 2. The van der Waals surface area contributed by atoms with Crippen molar-refractivity contribution in [2.45, 2.75) is 12.8 Å². The molecule has 88 valence electrons. The predicted molar refractivity (Wildman–Crippen MR) is 73.4 cm³/mol. The second-order valence-corrected chi connectivity index (χ2v) is 5.45. The Morgan fingerprint density at radius 3 is 2.41 bits per heavy atom. The summed E-state index contributed by atoms with van der Waals surface area (Å²) < 4.78 is 1.13. The zero-order valence-electron chi connectivity index (χ0n) is 9.40. The van der Waals surface area contributed by atoms with E-state index in [0.717, 1.165) is 22.0 Å². The van der Waals surface area contributed by atoms with Gasteiger partial charge in [0.1, 0.15) is 0 Å². The first-order chi connectivity index (χ1) is 8.20. The van der Waals surface area contributed by atoms with E-state index >= 15 is 0 Å². The molecule has 0 saturated carbocycles. The monoisotopic (exact) mass is 340 g/mol. The standard InChI is InChI=1S/C13H13IN2O/c14-12-3-1-11(2-4-12)13(17)16-7-5-10(9-15)6-8-16/h1-4,10H,5-8H2. The van der Waals surface area contributed by atoms with Gasteiger partial charge in [0.25, 0.3) is 5.91 Å². The van der Waals surface area contributed by atoms with Crippen molar-refractivity contribution in [2.75, 3.05) is 13.1 Å². The molecule has 1 aromatic rings. The van der Waals surface area contributed by atoms with Crippen molar-refractivity contribution < 1.29 is 4.79 Å². The maximum atomic E-state index is 12.1. The summed E-state index contributed by atoms with van der Waals surface area (Å²) in [5, 5.41) is 8.81. The molecule has 2 rings (SSSR count). The van der Waals surface area contributed by atoms with Gasteiger partial charge in [-0.25, -0.2) is 0 Å². The second-order valence-electron chi connectivity index (χ2n) is 4.20. The molecule has 17 heavy (non-hydrogen) atoms. The van der Waals surface area contributed by atoms with Crippen LogP contribution in [0.2, 0.25) is 0 Å². The maximum absolute atomic E-state index is 12.1. The van der Waals surface area contributed by atoms with E-state index in [2.05, 4.69) is 28.7 Å². The number of hydrogen-bond donors (Lipinski definition) is 0. The smallest absolute Gasteiger partial charge is 0.253 e. The van der Waals surface area contributed by atoms with E-state index in [9.17, 15) is 4.79 Å². The quantitative estimate of drug-likeness (QED) is 0.738. The number of carbonyl (C=O) groups excluding carboxylic acids is 1. The van der Waals surface area contributed by atoms with E-state index in [1.54, 1.807) is 0 Å². The van der Waals surface area contributed by atoms with Crippen LogP contribution in [0, 0.1) is 20.8 Å². The number of rotatable bonds is 1. The molecule has 0 aliphatic carbocycles. The molecule has 0 spiro atoms. The van der Waals surface area contributed by atoms with Crippen molar-refractivity contribution in [2.24, 2.45) is 5.92 Å². The van der Waals surface area contributed by atoms with Crippen LogP contribution in [0.5, 0.6) is 0 Å². The van der Waals surface area contributed by atoms with Gasteiger partial charge in [-0.3, -0.25) is 4.79 Å². The topological polar surface area (TPSA) is 44.1 Å². The third-order valence-electron chi connectivity index (χ3n) is 3.06. The molecule has 0 bridgehead atoms. The first-order valence-electron chi connectivity index (χ1n) is 5.65. The average Bonchev–Trinajstić information content (AvgIpc) is 2.39. The third kappa shape index (κ3) is 2.97. The normalized spacial score (nSPS) is 16.6. The van der Waals surface area contributed by atoms with Crippen LogP contribution in [-0.2, 0) is 0 Å². The number of amides is 1. The van der Waals surface area contributed by atoms with Crippen molar-refractivity contribution >= 4 is 28.5 Å². The van der Waals surface area contributed by atoms with Gasteiger partial charge >= 0.3 is 0 Å². The molecule has 0 atom stereocenters.